The summed E-state index contributed by atoms with van der Waals surface area (Å²) < 4.78 is 10.7. The predicted molar refractivity (Wildman–Crippen MR) is 102 cm³/mol. The third kappa shape index (κ3) is 3.65. The Labute approximate surface area is 155 Å². The van der Waals surface area contributed by atoms with Crippen molar-refractivity contribution in [3.63, 3.8) is 0 Å². The lowest BCUT2D eigenvalue weighted by Gasteiger charge is -2.23. The molecule has 3 rings (SSSR count). The Morgan fingerprint density at radius 3 is 2.65 bits per heavy atom. The van der Waals surface area contributed by atoms with Crippen LogP contribution in [0.15, 0.2) is 65.5 Å². The molecule has 2 aromatic carbocycles. The van der Waals surface area contributed by atoms with Gasteiger partial charge in [-0.25, -0.2) is 4.98 Å². The number of amides is 1. The summed E-state index contributed by atoms with van der Waals surface area (Å²) >= 11 is 5.01. The van der Waals surface area contributed by atoms with Crippen molar-refractivity contribution < 1.29 is 13.9 Å². The summed E-state index contributed by atoms with van der Waals surface area (Å²) in [5.74, 6) is 0.748. The van der Waals surface area contributed by atoms with Gasteiger partial charge in [-0.2, -0.15) is 5.01 Å². The number of aromatic nitrogens is 1. The summed E-state index contributed by atoms with van der Waals surface area (Å²) in [7, 11) is 1.54. The maximum Gasteiger partial charge on any atom is 0.278 e. The Bertz CT molecular complexity index is 913. The lowest BCUT2D eigenvalue weighted by molar-refractivity contribution is 0.0871. The van der Waals surface area contributed by atoms with E-state index < -0.39 is 0 Å². The van der Waals surface area contributed by atoms with E-state index in [0.29, 0.717) is 22.8 Å². The Hall–Kier alpha value is -3.39. The summed E-state index contributed by atoms with van der Waals surface area (Å²) in [5, 5.41) is 1.00. The van der Waals surface area contributed by atoms with Gasteiger partial charge >= 0.3 is 0 Å². The zero-order valence-electron chi connectivity index (χ0n) is 13.9. The molecule has 26 heavy (non-hydrogen) atoms. The number of hydrogen-bond acceptors (Lipinski definition) is 6. The van der Waals surface area contributed by atoms with Crippen LogP contribution >= 0.6 is 12.2 Å². The van der Waals surface area contributed by atoms with E-state index in [9.17, 15) is 4.79 Å². The molecule has 132 valence electrons. The average molecular weight is 368 g/mol. The molecule has 7 nitrogen and oxygen atoms in total. The van der Waals surface area contributed by atoms with E-state index in [4.69, 9.17) is 27.1 Å². The van der Waals surface area contributed by atoms with Gasteiger partial charge in [0.15, 0.2) is 17.3 Å². The van der Waals surface area contributed by atoms with E-state index in [1.54, 1.807) is 55.8 Å². The van der Waals surface area contributed by atoms with Crippen LogP contribution in [0.2, 0.25) is 0 Å². The third-order valence-corrected chi connectivity index (χ3v) is 3.77. The van der Waals surface area contributed by atoms with Crippen molar-refractivity contribution in [2.45, 2.75) is 0 Å². The second kappa shape index (κ2) is 7.66. The zero-order valence-corrected chi connectivity index (χ0v) is 14.7. The van der Waals surface area contributed by atoms with Crippen LogP contribution in [-0.2, 0) is 0 Å². The van der Waals surface area contributed by atoms with Crippen LogP contribution in [0.5, 0.6) is 5.75 Å². The summed E-state index contributed by atoms with van der Waals surface area (Å²) in [5.41, 5.74) is 10.4. The van der Waals surface area contributed by atoms with Crippen LogP contribution in [0.4, 0.5) is 5.69 Å². The number of ether oxygens (including phenoxy) is 1. The van der Waals surface area contributed by atoms with E-state index in [-0.39, 0.29) is 11.0 Å². The number of nitrogens with two attached hydrogens (primary N) is 1. The van der Waals surface area contributed by atoms with Crippen molar-refractivity contribution in [3.05, 3.63) is 66.7 Å². The molecular weight excluding hydrogens is 352 g/mol. The topological polar surface area (TPSA) is 93.6 Å². The lowest BCUT2D eigenvalue weighted by Crippen LogP contribution is -2.44. The smallest absolute Gasteiger partial charge is 0.278 e. The molecule has 1 heterocycles. The van der Waals surface area contributed by atoms with Gasteiger partial charge in [0.1, 0.15) is 5.75 Å². The molecule has 0 atom stereocenters. The van der Waals surface area contributed by atoms with Crippen molar-refractivity contribution >= 4 is 28.9 Å². The largest absolute Gasteiger partial charge is 0.496 e. The first-order valence-corrected chi connectivity index (χ1v) is 8.03. The van der Waals surface area contributed by atoms with Gasteiger partial charge in [0.2, 0.25) is 0 Å². The average Bonchev–Trinajstić information content (AvgIpc) is 3.20. The Morgan fingerprint density at radius 1 is 1.27 bits per heavy atom. The van der Waals surface area contributed by atoms with Crippen LogP contribution in [0.3, 0.4) is 0 Å². The Balaban J connectivity index is 1.88. The highest BCUT2D eigenvalue weighted by molar-refractivity contribution is 7.80. The lowest BCUT2D eigenvalue weighted by atomic mass is 10.1. The number of anilines is 1. The zero-order chi connectivity index (χ0) is 18.5. The number of methoxy groups -OCH3 is 1. The number of hydrazine groups is 1. The van der Waals surface area contributed by atoms with E-state index >= 15 is 0 Å². The molecule has 3 aromatic rings. The number of oxazole rings is 1. The van der Waals surface area contributed by atoms with Crippen molar-refractivity contribution in [3.8, 4) is 17.1 Å². The Kier molecular flexibility index (Phi) is 5.14. The molecule has 0 radical (unpaired) electrons. The van der Waals surface area contributed by atoms with Crippen LogP contribution in [0, 0.1) is 0 Å². The van der Waals surface area contributed by atoms with Crippen molar-refractivity contribution in [2.75, 3.05) is 12.5 Å². The molecule has 1 aromatic heterocycles. The maximum absolute atomic E-state index is 12.6. The number of carbonyl (C=O) groups excluding carboxylic acids is 1. The molecular formula is C18H16N4O3S. The molecule has 0 spiro atoms. The van der Waals surface area contributed by atoms with E-state index in [1.165, 1.54) is 6.39 Å². The van der Waals surface area contributed by atoms with Crippen LogP contribution < -0.4 is 15.9 Å². The van der Waals surface area contributed by atoms with Crippen LogP contribution in [-0.4, -0.2) is 28.1 Å². The SMILES string of the molecule is COc1cc(NN(C(=O)c2ccccc2)C(N)=S)ccc1-c1cnco1. The predicted octanol–water partition coefficient (Wildman–Crippen LogP) is 3.06. The molecule has 0 aliphatic carbocycles. The highest BCUT2D eigenvalue weighted by Crippen LogP contribution is 2.32. The molecule has 3 N–H and O–H groups in total. The molecule has 0 saturated carbocycles. The second-order valence-corrected chi connectivity index (χ2v) is 5.66. The summed E-state index contributed by atoms with van der Waals surface area (Å²) in [6.07, 6.45) is 2.93. The number of rotatable bonds is 5. The number of benzene rings is 2. The van der Waals surface area contributed by atoms with Crippen molar-refractivity contribution in [1.29, 1.82) is 0 Å². The minimum atomic E-state index is -0.364. The molecule has 0 unspecified atom stereocenters. The van der Waals surface area contributed by atoms with Crippen molar-refractivity contribution in [1.82, 2.24) is 9.99 Å². The molecule has 0 saturated heterocycles. The molecule has 0 aliphatic heterocycles. The summed E-state index contributed by atoms with van der Waals surface area (Å²) in [4.78, 5) is 16.5. The van der Waals surface area contributed by atoms with Gasteiger partial charge in [-0.15, -0.1) is 0 Å². The standard InChI is InChI=1S/C18H16N4O3S/c1-24-15-9-13(7-8-14(15)16-10-20-11-25-16)21-22(18(19)26)17(23)12-5-3-2-4-6-12/h2-11,21H,1H3,(H2,19,26). The summed E-state index contributed by atoms with van der Waals surface area (Å²) in [6.45, 7) is 0. The third-order valence-electron chi connectivity index (χ3n) is 3.58. The minimum absolute atomic E-state index is 0.0999. The fourth-order valence-corrected chi connectivity index (χ4v) is 2.49. The van der Waals surface area contributed by atoms with Gasteiger partial charge in [0.25, 0.3) is 5.91 Å². The van der Waals surface area contributed by atoms with Gasteiger partial charge < -0.3 is 14.9 Å². The minimum Gasteiger partial charge on any atom is -0.496 e. The number of nitrogens with zero attached hydrogens (tertiary/aromatic N) is 2. The fraction of sp³-hybridized carbons (Fsp3) is 0.0556. The van der Waals surface area contributed by atoms with E-state index in [2.05, 4.69) is 10.4 Å². The number of nitrogens with one attached hydrogen (secondary N) is 1. The Morgan fingerprint density at radius 2 is 2.04 bits per heavy atom. The van der Waals surface area contributed by atoms with Gasteiger partial charge in [-0.3, -0.25) is 10.2 Å². The van der Waals surface area contributed by atoms with Gasteiger partial charge in [0.05, 0.1) is 24.6 Å². The van der Waals surface area contributed by atoms with E-state index in [1.807, 2.05) is 6.07 Å². The molecule has 0 fully saturated rings. The number of hydrogen-bond donors (Lipinski definition) is 2. The molecule has 0 aliphatic rings. The van der Waals surface area contributed by atoms with Crippen LogP contribution in [0.25, 0.3) is 11.3 Å². The van der Waals surface area contributed by atoms with Gasteiger partial charge in [-0.05, 0) is 36.5 Å². The fourth-order valence-electron chi connectivity index (χ4n) is 2.36. The summed E-state index contributed by atoms with van der Waals surface area (Å²) in [6, 6.07) is 14.0. The quantitative estimate of drug-likeness (QED) is 0.528. The monoisotopic (exact) mass is 368 g/mol. The van der Waals surface area contributed by atoms with E-state index in [0.717, 1.165) is 10.6 Å². The molecule has 0 bridgehead atoms. The van der Waals surface area contributed by atoms with Gasteiger partial charge in [-0.1, -0.05) is 18.2 Å². The highest BCUT2D eigenvalue weighted by Gasteiger charge is 2.19. The number of carbonyl (C=O) groups is 1. The maximum atomic E-state index is 12.6. The molecule has 1 amide bonds. The van der Waals surface area contributed by atoms with Crippen molar-refractivity contribution in [2.24, 2.45) is 5.73 Å². The second-order valence-electron chi connectivity index (χ2n) is 5.24. The van der Waals surface area contributed by atoms with Gasteiger partial charge in [0, 0.05) is 11.6 Å². The first-order valence-electron chi connectivity index (χ1n) is 7.62. The highest BCUT2D eigenvalue weighted by atomic mass is 32.1. The normalized spacial score (nSPS) is 10.2. The first kappa shape index (κ1) is 17.4. The molecule has 8 heteroatoms. The number of thiocarbonyl (C=S) groups is 1. The first-order chi connectivity index (χ1) is 12.6. The van der Waals surface area contributed by atoms with Crippen LogP contribution in [0.1, 0.15) is 10.4 Å².